The van der Waals surface area contributed by atoms with Gasteiger partial charge in [-0.15, -0.1) is 11.3 Å². The molecule has 0 radical (unpaired) electrons. The molecule has 0 aliphatic carbocycles. The summed E-state index contributed by atoms with van der Waals surface area (Å²) >= 11 is 1.60. The lowest BCUT2D eigenvalue weighted by Crippen LogP contribution is -2.44. The summed E-state index contributed by atoms with van der Waals surface area (Å²) in [6, 6.07) is 7.66. The zero-order valence-electron chi connectivity index (χ0n) is 17.9. The van der Waals surface area contributed by atoms with Crippen molar-refractivity contribution in [3.8, 4) is 16.5 Å². The number of aromatic amines is 1. The van der Waals surface area contributed by atoms with E-state index < -0.39 is 0 Å². The monoisotopic (exact) mass is 447 g/mol. The van der Waals surface area contributed by atoms with E-state index in [0.29, 0.717) is 5.95 Å². The summed E-state index contributed by atoms with van der Waals surface area (Å²) in [5.41, 5.74) is 1.64. The number of nitrogens with zero attached hydrogens (tertiary/aromatic N) is 6. The van der Waals surface area contributed by atoms with E-state index in [1.54, 1.807) is 42.2 Å². The third-order valence-electron chi connectivity index (χ3n) is 5.98. The molecule has 0 aromatic carbocycles. The van der Waals surface area contributed by atoms with Crippen LogP contribution in [0.15, 0.2) is 59.4 Å². The van der Waals surface area contributed by atoms with Crippen molar-refractivity contribution in [2.45, 2.75) is 44.7 Å². The normalized spacial score (nSPS) is 19.3. The molecule has 0 bridgehead atoms. The molecule has 2 atom stereocenters. The van der Waals surface area contributed by atoms with Gasteiger partial charge in [0.25, 0.3) is 5.56 Å². The van der Waals surface area contributed by atoms with Crippen molar-refractivity contribution in [2.75, 3.05) is 6.54 Å². The number of piperidine rings is 1. The summed E-state index contributed by atoms with van der Waals surface area (Å²) in [6.45, 7) is 3.94. The fourth-order valence-corrected chi connectivity index (χ4v) is 5.26. The molecule has 0 spiro atoms. The number of imidazole rings is 1. The van der Waals surface area contributed by atoms with Gasteiger partial charge >= 0.3 is 0 Å². The van der Waals surface area contributed by atoms with Crippen LogP contribution in [-0.4, -0.2) is 47.0 Å². The van der Waals surface area contributed by atoms with Crippen LogP contribution in [0.3, 0.4) is 0 Å². The van der Waals surface area contributed by atoms with Crippen molar-refractivity contribution in [2.24, 2.45) is 0 Å². The Bertz CT molecular complexity index is 1220. The molecule has 1 fully saturated rings. The van der Waals surface area contributed by atoms with Crippen LogP contribution in [0.1, 0.15) is 43.6 Å². The number of nitrogens with one attached hydrogen (secondary N) is 1. The Labute approximate surface area is 190 Å². The molecule has 0 amide bonds. The van der Waals surface area contributed by atoms with Gasteiger partial charge in [0.05, 0.1) is 16.3 Å². The number of likely N-dealkylation sites (tertiary alicyclic amines) is 1. The van der Waals surface area contributed by atoms with Gasteiger partial charge in [-0.3, -0.25) is 14.3 Å². The van der Waals surface area contributed by atoms with Gasteiger partial charge in [-0.25, -0.2) is 19.9 Å². The van der Waals surface area contributed by atoms with E-state index in [0.717, 1.165) is 54.4 Å². The van der Waals surface area contributed by atoms with Gasteiger partial charge in [0.15, 0.2) is 0 Å². The molecular weight excluding hydrogens is 422 g/mol. The lowest BCUT2D eigenvalue weighted by Gasteiger charge is -2.40. The molecule has 5 heterocycles. The molecule has 32 heavy (non-hydrogen) atoms. The van der Waals surface area contributed by atoms with Crippen molar-refractivity contribution < 1.29 is 0 Å². The van der Waals surface area contributed by atoms with Gasteiger partial charge in [-0.05, 0) is 43.3 Å². The number of hydrogen-bond acceptors (Lipinski definition) is 7. The van der Waals surface area contributed by atoms with Crippen molar-refractivity contribution >= 4 is 11.3 Å². The molecule has 0 saturated carbocycles. The van der Waals surface area contributed by atoms with E-state index in [-0.39, 0.29) is 17.5 Å². The zero-order chi connectivity index (χ0) is 21.9. The average molecular weight is 448 g/mol. The molecular formula is C23H25N7OS. The predicted molar refractivity (Wildman–Crippen MR) is 124 cm³/mol. The van der Waals surface area contributed by atoms with Crippen molar-refractivity contribution in [1.29, 1.82) is 0 Å². The molecule has 4 aromatic rings. The summed E-state index contributed by atoms with van der Waals surface area (Å²) in [5.74, 6) is 1.59. The van der Waals surface area contributed by atoms with Gasteiger partial charge < -0.3 is 4.98 Å². The summed E-state index contributed by atoms with van der Waals surface area (Å²) in [6.07, 6.45) is 10.2. The zero-order valence-corrected chi connectivity index (χ0v) is 18.7. The quantitative estimate of drug-likeness (QED) is 0.485. The minimum atomic E-state index is -0.0908. The molecule has 1 aliphatic rings. The van der Waals surface area contributed by atoms with Crippen LogP contribution in [-0.2, 0) is 6.54 Å². The summed E-state index contributed by atoms with van der Waals surface area (Å²) in [4.78, 5) is 37.0. The smallest absolute Gasteiger partial charge is 0.251 e. The van der Waals surface area contributed by atoms with Gasteiger partial charge in [-0.2, -0.15) is 0 Å². The van der Waals surface area contributed by atoms with E-state index >= 15 is 0 Å². The standard InChI is InChI=1S/C23H25N7OS/c1-2-19-17(22-27-18(12-21(31)28-22)20-7-4-11-32-20)6-3-10-29(19)13-16-14-30(15-26-16)23-24-8-5-9-25-23/h4-5,7-9,11-12,14-15,17,19H,2-3,6,10,13H2,1H3,(H,27,28,31). The Morgan fingerprint density at radius 2 is 2.09 bits per heavy atom. The molecule has 1 N–H and O–H groups in total. The Morgan fingerprint density at radius 1 is 1.22 bits per heavy atom. The molecule has 1 aliphatic heterocycles. The second-order valence-electron chi connectivity index (χ2n) is 8.01. The summed E-state index contributed by atoms with van der Waals surface area (Å²) < 4.78 is 1.85. The van der Waals surface area contributed by atoms with Crippen LogP contribution in [0.5, 0.6) is 0 Å². The summed E-state index contributed by atoms with van der Waals surface area (Å²) in [5, 5.41) is 2.01. The lowest BCUT2D eigenvalue weighted by molar-refractivity contribution is 0.110. The fraction of sp³-hybridized carbons (Fsp3) is 0.348. The molecule has 4 aromatic heterocycles. The van der Waals surface area contributed by atoms with Crippen molar-refractivity contribution in [3.05, 3.63) is 76.4 Å². The number of aromatic nitrogens is 6. The van der Waals surface area contributed by atoms with E-state index in [9.17, 15) is 4.79 Å². The second-order valence-corrected chi connectivity index (χ2v) is 8.96. The second kappa shape index (κ2) is 9.13. The van der Waals surface area contributed by atoms with E-state index in [1.807, 2.05) is 28.3 Å². The minimum Gasteiger partial charge on any atom is -0.310 e. The Balaban J connectivity index is 1.39. The van der Waals surface area contributed by atoms with Crippen molar-refractivity contribution in [1.82, 2.24) is 34.4 Å². The van der Waals surface area contributed by atoms with Gasteiger partial charge in [-0.1, -0.05) is 13.0 Å². The first-order valence-electron chi connectivity index (χ1n) is 10.9. The van der Waals surface area contributed by atoms with Crippen LogP contribution < -0.4 is 5.56 Å². The molecule has 9 heteroatoms. The highest BCUT2D eigenvalue weighted by Gasteiger charge is 2.33. The van der Waals surface area contributed by atoms with Crippen LogP contribution in [0, 0.1) is 0 Å². The largest absolute Gasteiger partial charge is 0.310 e. The first kappa shape index (κ1) is 20.7. The Kier molecular flexibility index (Phi) is 5.91. The third kappa shape index (κ3) is 4.26. The van der Waals surface area contributed by atoms with E-state index in [1.165, 1.54) is 0 Å². The first-order valence-corrected chi connectivity index (χ1v) is 11.8. The number of H-pyrrole nitrogens is 1. The summed E-state index contributed by atoms with van der Waals surface area (Å²) in [7, 11) is 0. The molecule has 2 unspecified atom stereocenters. The van der Waals surface area contributed by atoms with E-state index in [4.69, 9.17) is 4.98 Å². The van der Waals surface area contributed by atoms with Crippen LogP contribution in [0.25, 0.3) is 16.5 Å². The minimum absolute atomic E-state index is 0.0908. The maximum Gasteiger partial charge on any atom is 0.251 e. The molecule has 8 nitrogen and oxygen atoms in total. The Morgan fingerprint density at radius 3 is 2.88 bits per heavy atom. The first-order chi connectivity index (χ1) is 15.7. The number of thiophene rings is 1. The van der Waals surface area contributed by atoms with Crippen LogP contribution in [0.4, 0.5) is 0 Å². The predicted octanol–water partition coefficient (Wildman–Crippen LogP) is 3.63. The number of rotatable bonds is 6. The van der Waals surface area contributed by atoms with Gasteiger partial charge in [0.1, 0.15) is 12.2 Å². The van der Waals surface area contributed by atoms with Gasteiger partial charge in [0.2, 0.25) is 5.95 Å². The van der Waals surface area contributed by atoms with Crippen molar-refractivity contribution in [3.63, 3.8) is 0 Å². The van der Waals surface area contributed by atoms with Crippen LogP contribution in [0.2, 0.25) is 0 Å². The average Bonchev–Trinajstić information content (AvgIpc) is 3.52. The topological polar surface area (TPSA) is 92.6 Å². The molecule has 5 rings (SSSR count). The molecule has 1 saturated heterocycles. The maximum absolute atomic E-state index is 12.4. The Hall–Kier alpha value is -3.17. The molecule has 164 valence electrons. The number of hydrogen-bond donors (Lipinski definition) is 1. The SMILES string of the molecule is CCC1C(c2nc(-c3cccs3)cc(=O)[nH]2)CCCN1Cc1cn(-c2ncccn2)cn1. The van der Waals surface area contributed by atoms with E-state index in [2.05, 4.69) is 31.8 Å². The lowest BCUT2D eigenvalue weighted by atomic mass is 9.86. The van der Waals surface area contributed by atoms with Crippen LogP contribution >= 0.6 is 11.3 Å². The highest BCUT2D eigenvalue weighted by Crippen LogP contribution is 2.34. The maximum atomic E-state index is 12.4. The van der Waals surface area contributed by atoms with Gasteiger partial charge in [0, 0.05) is 43.2 Å². The highest BCUT2D eigenvalue weighted by molar-refractivity contribution is 7.13. The highest BCUT2D eigenvalue weighted by atomic mass is 32.1. The third-order valence-corrected chi connectivity index (χ3v) is 6.87. The fourth-order valence-electron chi connectivity index (χ4n) is 4.57.